The van der Waals surface area contributed by atoms with Gasteiger partial charge in [-0.25, -0.2) is 0 Å². The number of hydrogen-bond donors (Lipinski definition) is 0. The van der Waals surface area contributed by atoms with Gasteiger partial charge in [0.2, 0.25) is 0 Å². The molecule has 6 atom stereocenters. The van der Waals surface area contributed by atoms with Crippen LogP contribution in [0.25, 0.3) is 0 Å². The summed E-state index contributed by atoms with van der Waals surface area (Å²) >= 11 is 0. The minimum Gasteiger partial charge on any atom is -1.00 e. The molecule has 0 aliphatic heterocycles. The molecule has 0 aromatic heterocycles. The number of esters is 1. The summed E-state index contributed by atoms with van der Waals surface area (Å²) in [6.45, 7) is 6.00. The van der Waals surface area contributed by atoms with E-state index in [1.165, 1.54) is 12.5 Å². The maximum absolute atomic E-state index is 12.8. The van der Waals surface area contributed by atoms with Gasteiger partial charge in [0.15, 0.2) is 11.6 Å². The standard InChI is InChI=1S/C23H32O4.Na.H/c1-14(24)27-13-21(26)20-7-6-18-17-5-4-15-12-16(25)8-10-22(15,2)19(17)9-11-23(18,20)3;;/h12,17-20H,4-11,13H2,1-3H3;;/q;+1;-1/t17-,18-,19-,20+,22-,23-;;/m0../s1. The molecular weight excluding hydrogens is 363 g/mol. The Kier molecular flexibility index (Phi) is 6.35. The molecule has 4 aliphatic rings. The van der Waals surface area contributed by atoms with E-state index in [0.717, 1.165) is 44.9 Å². The van der Waals surface area contributed by atoms with Gasteiger partial charge in [-0.1, -0.05) is 19.4 Å². The predicted octanol–water partition coefficient (Wildman–Crippen LogP) is 1.38. The Morgan fingerprint density at radius 1 is 1.11 bits per heavy atom. The molecule has 0 unspecified atom stereocenters. The fraction of sp³-hybridized carbons (Fsp3) is 0.783. The zero-order chi connectivity index (χ0) is 19.4. The summed E-state index contributed by atoms with van der Waals surface area (Å²) in [4.78, 5) is 35.8. The molecule has 0 aromatic carbocycles. The third kappa shape index (κ3) is 3.48. The van der Waals surface area contributed by atoms with Crippen LogP contribution in [0.5, 0.6) is 0 Å². The first-order valence-electron chi connectivity index (χ1n) is 10.7. The summed E-state index contributed by atoms with van der Waals surface area (Å²) in [5.74, 6) is 1.95. The largest absolute Gasteiger partial charge is 1.00 e. The van der Waals surface area contributed by atoms with Crippen LogP contribution < -0.4 is 29.6 Å². The van der Waals surface area contributed by atoms with Gasteiger partial charge >= 0.3 is 35.5 Å². The van der Waals surface area contributed by atoms with Gasteiger partial charge in [0.1, 0.15) is 6.61 Å². The molecule has 4 nitrogen and oxygen atoms in total. The number of allylic oxidation sites excluding steroid dienone is 1. The minimum atomic E-state index is -0.377. The molecule has 5 heteroatoms. The van der Waals surface area contributed by atoms with Gasteiger partial charge in [0.05, 0.1) is 0 Å². The first kappa shape index (κ1) is 22.2. The molecule has 4 aliphatic carbocycles. The van der Waals surface area contributed by atoms with E-state index in [4.69, 9.17) is 4.74 Å². The number of fused-ring (bicyclic) bond motifs is 5. The fourth-order valence-corrected chi connectivity index (χ4v) is 7.36. The monoisotopic (exact) mass is 396 g/mol. The third-order valence-electron chi connectivity index (χ3n) is 8.77. The number of carbonyl (C=O) groups is 3. The van der Waals surface area contributed by atoms with Crippen molar-refractivity contribution < 1.29 is 50.1 Å². The van der Waals surface area contributed by atoms with Crippen LogP contribution in [0.15, 0.2) is 11.6 Å². The third-order valence-corrected chi connectivity index (χ3v) is 8.77. The van der Waals surface area contributed by atoms with E-state index in [9.17, 15) is 14.4 Å². The second kappa shape index (κ2) is 8.00. The molecule has 150 valence electrons. The minimum absolute atomic E-state index is 0. The molecule has 4 rings (SSSR count). The van der Waals surface area contributed by atoms with E-state index < -0.39 is 0 Å². The molecule has 0 amide bonds. The van der Waals surface area contributed by atoms with Crippen molar-refractivity contribution >= 4 is 17.5 Å². The summed E-state index contributed by atoms with van der Waals surface area (Å²) < 4.78 is 5.02. The topological polar surface area (TPSA) is 60.4 Å². The molecular formula is C23H33NaO4. The molecule has 0 aromatic rings. The number of carbonyl (C=O) groups excluding carboxylic acids is 3. The van der Waals surface area contributed by atoms with Gasteiger partial charge < -0.3 is 6.16 Å². The van der Waals surface area contributed by atoms with Crippen molar-refractivity contribution in [2.24, 2.45) is 34.5 Å². The van der Waals surface area contributed by atoms with Crippen molar-refractivity contribution in [3.8, 4) is 0 Å². The van der Waals surface area contributed by atoms with Crippen molar-refractivity contribution in [3.05, 3.63) is 11.6 Å². The molecule has 0 bridgehead atoms. The average molecular weight is 397 g/mol. The van der Waals surface area contributed by atoms with E-state index >= 15 is 0 Å². The maximum Gasteiger partial charge on any atom is 1.00 e. The Balaban J connectivity index is 0.00000150. The Morgan fingerprint density at radius 3 is 2.57 bits per heavy atom. The molecule has 3 saturated carbocycles. The van der Waals surface area contributed by atoms with Gasteiger partial charge in [-0.05, 0) is 79.6 Å². The number of Topliss-reactive ketones (excluding diaryl/α,β-unsaturated/α-hetero) is 1. The first-order chi connectivity index (χ1) is 12.8. The predicted molar refractivity (Wildman–Crippen MR) is 103 cm³/mol. The zero-order valence-corrected chi connectivity index (χ0v) is 19.9. The fourth-order valence-electron chi connectivity index (χ4n) is 7.36. The molecule has 0 heterocycles. The van der Waals surface area contributed by atoms with E-state index in [0.29, 0.717) is 30.0 Å². The van der Waals surface area contributed by atoms with Crippen molar-refractivity contribution in [1.29, 1.82) is 0 Å². The quantitative estimate of drug-likeness (QED) is 0.534. The van der Waals surface area contributed by atoms with E-state index in [1.807, 2.05) is 6.08 Å². The van der Waals surface area contributed by atoms with E-state index in [-0.39, 0.29) is 66.1 Å². The molecule has 0 radical (unpaired) electrons. The van der Waals surface area contributed by atoms with Gasteiger partial charge in [0.25, 0.3) is 0 Å². The van der Waals surface area contributed by atoms with Gasteiger partial charge in [-0.15, -0.1) is 0 Å². The van der Waals surface area contributed by atoms with Crippen LogP contribution in [0, 0.1) is 34.5 Å². The summed E-state index contributed by atoms with van der Waals surface area (Å²) in [5.41, 5.74) is 1.61. The van der Waals surface area contributed by atoms with Crippen molar-refractivity contribution in [3.63, 3.8) is 0 Å². The summed E-state index contributed by atoms with van der Waals surface area (Å²) in [6.07, 6.45) is 10.1. The number of ketones is 2. The van der Waals surface area contributed by atoms with Gasteiger partial charge in [-0.3, -0.25) is 14.4 Å². The number of hydrogen-bond acceptors (Lipinski definition) is 4. The molecule has 0 saturated heterocycles. The van der Waals surface area contributed by atoms with Crippen molar-refractivity contribution in [1.82, 2.24) is 0 Å². The second-order valence-corrected chi connectivity index (χ2v) is 9.89. The summed E-state index contributed by atoms with van der Waals surface area (Å²) in [7, 11) is 0. The number of rotatable bonds is 3. The smallest absolute Gasteiger partial charge is 1.00 e. The Morgan fingerprint density at radius 2 is 1.86 bits per heavy atom. The van der Waals surface area contributed by atoms with Crippen LogP contribution in [-0.4, -0.2) is 24.1 Å². The van der Waals surface area contributed by atoms with Crippen LogP contribution in [0.3, 0.4) is 0 Å². The SMILES string of the molecule is CC(=O)OCC(=O)[C@H]1CC[C@H]2[C@@H]3CCC4=CC(=O)CC[C@]4(C)[C@H]3CC[C@]12C.[H-].[Na+]. The Labute approximate surface area is 192 Å². The Bertz CT molecular complexity index is 720. The molecule has 3 fully saturated rings. The first-order valence-corrected chi connectivity index (χ1v) is 10.7. The van der Waals surface area contributed by atoms with Crippen LogP contribution in [0.2, 0.25) is 0 Å². The average Bonchev–Trinajstić information content (AvgIpc) is 2.97. The van der Waals surface area contributed by atoms with Crippen LogP contribution >= 0.6 is 0 Å². The van der Waals surface area contributed by atoms with E-state index in [1.54, 1.807) is 0 Å². The normalized spacial score (nSPS) is 41.7. The number of ether oxygens (including phenoxy) is 1. The Hall–Kier alpha value is -0.450. The second-order valence-electron chi connectivity index (χ2n) is 9.89. The van der Waals surface area contributed by atoms with Gasteiger partial charge in [-0.2, -0.15) is 0 Å². The molecule has 0 N–H and O–H groups in total. The zero-order valence-electron chi connectivity index (χ0n) is 18.9. The van der Waals surface area contributed by atoms with Crippen LogP contribution in [0.1, 0.15) is 73.6 Å². The summed E-state index contributed by atoms with van der Waals surface area (Å²) in [5, 5.41) is 0. The molecule has 0 spiro atoms. The molecule has 28 heavy (non-hydrogen) atoms. The van der Waals surface area contributed by atoms with Crippen LogP contribution in [-0.2, 0) is 19.1 Å². The van der Waals surface area contributed by atoms with Gasteiger partial charge in [0, 0.05) is 19.3 Å². The van der Waals surface area contributed by atoms with Crippen LogP contribution in [0.4, 0.5) is 0 Å². The van der Waals surface area contributed by atoms with E-state index in [2.05, 4.69) is 13.8 Å². The van der Waals surface area contributed by atoms with Crippen molar-refractivity contribution in [2.75, 3.05) is 6.61 Å². The summed E-state index contributed by atoms with van der Waals surface area (Å²) in [6, 6.07) is 0. The van der Waals surface area contributed by atoms with Crippen molar-refractivity contribution in [2.45, 2.75) is 72.1 Å². The maximum atomic E-state index is 12.8.